The molecule has 0 amide bonds. The number of hydrogen-bond donors (Lipinski definition) is 6. The zero-order valence-electron chi connectivity index (χ0n) is 36.0. The fourth-order valence-electron chi connectivity index (χ4n) is 6.46. The smallest absolute Gasteiger partial charge is 0.462 e. The standard InChI is InChI=1S/C45H79O13P/c1-3-5-7-9-11-13-15-17-19-21-23-25-27-29-31-33-38(46)55-35-37(36-56-59(53,54)58-45-43(51)41(49)40(48)42(50)44(45)52)57-39(47)34-32-30-28-26-24-22-20-18-16-14-12-10-8-6-4-2/h12,14,17-20,23,25,37,40-45,48-52H,3-11,13,15-16,21-22,24,26-36H2,1-2H3,(H,53,54)/b14-12+,19-17+,20-18+,25-23+/t37-,40?,41-,42?,43?,44?,45?/m1/s1. The zero-order chi connectivity index (χ0) is 43.6. The predicted octanol–water partition coefficient (Wildman–Crippen LogP) is 8.39. The van der Waals surface area contributed by atoms with Crippen LogP contribution in [0, 0.1) is 0 Å². The number of esters is 2. The molecule has 0 saturated heterocycles. The number of aliphatic hydroxyl groups is 5. The molecule has 1 fully saturated rings. The van der Waals surface area contributed by atoms with Crippen LogP contribution in [-0.4, -0.2) is 98.3 Å². The van der Waals surface area contributed by atoms with E-state index in [-0.39, 0.29) is 12.8 Å². The minimum Gasteiger partial charge on any atom is -0.462 e. The molecular formula is C45H79O13P. The molecule has 1 aliphatic carbocycles. The van der Waals surface area contributed by atoms with Crippen molar-refractivity contribution in [2.75, 3.05) is 13.2 Å². The lowest BCUT2D eigenvalue weighted by Gasteiger charge is -2.41. The summed E-state index contributed by atoms with van der Waals surface area (Å²) >= 11 is 0. The quantitative estimate of drug-likeness (QED) is 0.0152. The van der Waals surface area contributed by atoms with E-state index in [0.717, 1.165) is 70.6 Å². The topological polar surface area (TPSA) is 210 Å². The molecule has 59 heavy (non-hydrogen) atoms. The number of ether oxygens (including phenoxy) is 2. The van der Waals surface area contributed by atoms with Gasteiger partial charge in [0, 0.05) is 12.8 Å². The van der Waals surface area contributed by atoms with Gasteiger partial charge in [0.25, 0.3) is 0 Å². The van der Waals surface area contributed by atoms with Gasteiger partial charge in [-0.3, -0.25) is 18.6 Å². The van der Waals surface area contributed by atoms with Crippen LogP contribution in [0.25, 0.3) is 0 Å². The predicted molar refractivity (Wildman–Crippen MR) is 230 cm³/mol. The van der Waals surface area contributed by atoms with Crippen molar-refractivity contribution in [1.29, 1.82) is 0 Å². The average molecular weight is 859 g/mol. The summed E-state index contributed by atoms with van der Waals surface area (Å²) in [6.45, 7) is 3.21. The summed E-state index contributed by atoms with van der Waals surface area (Å²) in [6.07, 6.45) is 27.4. The van der Waals surface area contributed by atoms with Crippen LogP contribution in [-0.2, 0) is 32.7 Å². The van der Waals surface area contributed by atoms with Crippen molar-refractivity contribution in [3.63, 3.8) is 0 Å². The molecule has 1 saturated carbocycles. The zero-order valence-corrected chi connectivity index (χ0v) is 36.9. The molecule has 8 atom stereocenters. The van der Waals surface area contributed by atoms with Gasteiger partial charge < -0.3 is 39.9 Å². The van der Waals surface area contributed by atoms with Crippen LogP contribution in [0.3, 0.4) is 0 Å². The van der Waals surface area contributed by atoms with Gasteiger partial charge in [0.1, 0.15) is 43.2 Å². The van der Waals surface area contributed by atoms with E-state index < -0.39 is 75.7 Å². The molecule has 0 heterocycles. The van der Waals surface area contributed by atoms with Gasteiger partial charge >= 0.3 is 19.8 Å². The molecule has 342 valence electrons. The monoisotopic (exact) mass is 859 g/mol. The molecule has 0 aliphatic heterocycles. The Hall–Kier alpha value is -2.19. The van der Waals surface area contributed by atoms with E-state index in [0.29, 0.717) is 12.8 Å². The van der Waals surface area contributed by atoms with Gasteiger partial charge in [-0.25, -0.2) is 4.57 Å². The summed E-state index contributed by atoms with van der Waals surface area (Å²) < 4.78 is 33.4. The molecule has 0 aromatic carbocycles. The second kappa shape index (κ2) is 35.4. The first-order valence-electron chi connectivity index (χ1n) is 22.4. The summed E-state index contributed by atoms with van der Waals surface area (Å²) in [5, 5.41) is 50.1. The first-order chi connectivity index (χ1) is 28.4. The van der Waals surface area contributed by atoms with E-state index in [4.69, 9.17) is 18.5 Å². The first-order valence-corrected chi connectivity index (χ1v) is 23.9. The van der Waals surface area contributed by atoms with Crippen molar-refractivity contribution in [2.24, 2.45) is 0 Å². The third-order valence-corrected chi connectivity index (χ3v) is 11.1. The number of rotatable bonds is 36. The highest BCUT2D eigenvalue weighted by Crippen LogP contribution is 2.47. The van der Waals surface area contributed by atoms with Gasteiger partial charge in [-0.2, -0.15) is 0 Å². The van der Waals surface area contributed by atoms with Gasteiger partial charge in [-0.1, -0.05) is 127 Å². The van der Waals surface area contributed by atoms with Crippen molar-refractivity contribution in [2.45, 2.75) is 211 Å². The molecule has 0 spiro atoms. The summed E-state index contributed by atoms with van der Waals surface area (Å²) in [4.78, 5) is 35.6. The maximum atomic E-state index is 12.8. The Kier molecular flexibility index (Phi) is 32.9. The molecule has 1 aliphatic rings. The average Bonchev–Trinajstić information content (AvgIpc) is 3.21. The van der Waals surface area contributed by atoms with Crippen LogP contribution >= 0.6 is 7.82 Å². The number of carbonyl (C=O) groups excluding carboxylic acids is 2. The molecule has 13 nitrogen and oxygen atoms in total. The van der Waals surface area contributed by atoms with Gasteiger partial charge in [-0.05, 0) is 77.0 Å². The maximum Gasteiger partial charge on any atom is 0.472 e. The van der Waals surface area contributed by atoms with Crippen LogP contribution in [0.1, 0.15) is 168 Å². The lowest BCUT2D eigenvalue weighted by molar-refractivity contribution is -0.220. The number of phosphoric ester groups is 1. The number of phosphoric acid groups is 1. The van der Waals surface area contributed by atoms with Gasteiger partial charge in [-0.15, -0.1) is 0 Å². The van der Waals surface area contributed by atoms with Crippen molar-refractivity contribution >= 4 is 19.8 Å². The Morgan fingerprint density at radius 2 is 0.915 bits per heavy atom. The molecule has 1 rings (SSSR count). The van der Waals surface area contributed by atoms with Crippen molar-refractivity contribution in [3.05, 3.63) is 48.6 Å². The Morgan fingerprint density at radius 3 is 1.44 bits per heavy atom. The normalized spacial score (nSPS) is 22.8. The van der Waals surface area contributed by atoms with Gasteiger partial charge in [0.05, 0.1) is 6.61 Å². The Balaban J connectivity index is 2.52. The molecule has 0 radical (unpaired) electrons. The minimum atomic E-state index is -5.13. The lowest BCUT2D eigenvalue weighted by Crippen LogP contribution is -2.64. The number of allylic oxidation sites excluding steroid dienone is 8. The summed E-state index contributed by atoms with van der Waals surface area (Å²) in [5.74, 6) is -1.16. The van der Waals surface area contributed by atoms with E-state index in [1.807, 2.05) is 0 Å². The van der Waals surface area contributed by atoms with E-state index in [9.17, 15) is 44.6 Å². The van der Waals surface area contributed by atoms with E-state index in [2.05, 4.69) is 62.5 Å². The van der Waals surface area contributed by atoms with Crippen LogP contribution in [0.4, 0.5) is 0 Å². The summed E-state index contributed by atoms with van der Waals surface area (Å²) in [5.41, 5.74) is 0. The number of unbranched alkanes of at least 4 members (excludes halogenated alkanes) is 16. The van der Waals surface area contributed by atoms with Crippen molar-refractivity contribution in [1.82, 2.24) is 0 Å². The maximum absolute atomic E-state index is 12.8. The van der Waals surface area contributed by atoms with Crippen LogP contribution in [0.5, 0.6) is 0 Å². The fraction of sp³-hybridized carbons (Fsp3) is 0.778. The second-order valence-electron chi connectivity index (χ2n) is 15.5. The minimum absolute atomic E-state index is 0.0726. The summed E-state index contributed by atoms with van der Waals surface area (Å²) in [7, 11) is -5.13. The molecular weight excluding hydrogens is 779 g/mol. The van der Waals surface area contributed by atoms with E-state index >= 15 is 0 Å². The molecule has 14 heteroatoms. The Labute approximate surface area is 354 Å². The second-order valence-corrected chi connectivity index (χ2v) is 16.9. The highest BCUT2D eigenvalue weighted by atomic mass is 31.2. The highest BCUT2D eigenvalue weighted by Gasteiger charge is 2.51. The Morgan fingerprint density at radius 1 is 0.525 bits per heavy atom. The van der Waals surface area contributed by atoms with Crippen molar-refractivity contribution in [3.8, 4) is 0 Å². The SMILES string of the molecule is CCCCC/C=C/C/C=C/CCCCCCCC(=O)O[C@H](COC(=O)CCCC/C=C/C/C=C/CCCCCCCC)COP(=O)(O)OC1C(O)C(O)C(O)[C@@H](O)C1O. The summed E-state index contributed by atoms with van der Waals surface area (Å²) in [6, 6.07) is 0. The third kappa shape index (κ3) is 28.1. The van der Waals surface area contributed by atoms with Crippen LogP contribution < -0.4 is 0 Å². The highest BCUT2D eigenvalue weighted by molar-refractivity contribution is 7.47. The molecule has 6 N–H and O–H groups in total. The van der Waals surface area contributed by atoms with Gasteiger partial charge in [0.2, 0.25) is 0 Å². The fourth-order valence-corrected chi connectivity index (χ4v) is 7.44. The first kappa shape index (κ1) is 54.8. The largest absolute Gasteiger partial charge is 0.472 e. The number of aliphatic hydroxyl groups excluding tert-OH is 5. The van der Waals surface area contributed by atoms with Crippen molar-refractivity contribution < 1.29 is 63.1 Å². The molecule has 6 unspecified atom stereocenters. The molecule has 0 aromatic heterocycles. The molecule has 0 bridgehead atoms. The number of hydrogen-bond acceptors (Lipinski definition) is 12. The van der Waals surface area contributed by atoms with Crippen LogP contribution in [0.2, 0.25) is 0 Å². The number of carbonyl (C=O) groups is 2. The van der Waals surface area contributed by atoms with E-state index in [1.165, 1.54) is 57.8 Å². The molecule has 0 aromatic rings. The Bertz CT molecular complexity index is 1220. The van der Waals surface area contributed by atoms with E-state index in [1.54, 1.807) is 0 Å². The van der Waals surface area contributed by atoms with Crippen LogP contribution in [0.15, 0.2) is 48.6 Å². The third-order valence-electron chi connectivity index (χ3n) is 10.1. The van der Waals surface area contributed by atoms with Gasteiger partial charge in [0.15, 0.2) is 6.10 Å². The lowest BCUT2D eigenvalue weighted by atomic mass is 9.85.